The molecule has 5 heteroatoms. The van der Waals surface area contributed by atoms with Crippen LogP contribution in [0.4, 0.5) is 0 Å². The van der Waals surface area contributed by atoms with Crippen LogP contribution in [0.15, 0.2) is 42.5 Å². The van der Waals surface area contributed by atoms with E-state index in [-0.39, 0.29) is 22.6 Å². The molecule has 2 aliphatic heterocycles. The molecule has 1 saturated heterocycles. The Hall–Kier alpha value is -1.85. The van der Waals surface area contributed by atoms with Crippen LogP contribution in [0, 0.1) is 0 Å². The SMILES string of the molecule is CCCS(=O)(=O)Cc1ccc(-c2ccc3c(c2)CCC2(CCN(C(C)(C)C)CC2)O3)cc1. The standard InChI is InChI=1S/C27H37NO3S/c1-5-18-32(29,30)20-21-6-8-22(9-7-21)23-10-11-25-24(19-23)12-13-27(31-25)14-16-28(17-15-27)26(2,3)4/h6-11,19H,5,12-18,20H2,1-4H3. The highest BCUT2D eigenvalue weighted by Crippen LogP contribution is 2.41. The maximum Gasteiger partial charge on any atom is 0.154 e. The average molecular weight is 456 g/mol. The van der Waals surface area contributed by atoms with Crippen molar-refractivity contribution in [2.75, 3.05) is 18.8 Å². The lowest BCUT2D eigenvalue weighted by Gasteiger charge is -2.48. The number of fused-ring (bicyclic) bond motifs is 1. The molecule has 0 aliphatic carbocycles. The highest BCUT2D eigenvalue weighted by molar-refractivity contribution is 7.90. The molecule has 32 heavy (non-hydrogen) atoms. The second kappa shape index (κ2) is 8.83. The number of rotatable bonds is 5. The Morgan fingerprint density at radius 1 is 0.969 bits per heavy atom. The normalized spacial score (nSPS) is 18.9. The summed E-state index contributed by atoms with van der Waals surface area (Å²) in [6.45, 7) is 11.0. The molecule has 2 aromatic rings. The number of ether oxygens (including phenoxy) is 1. The summed E-state index contributed by atoms with van der Waals surface area (Å²) in [5, 5.41) is 0. The van der Waals surface area contributed by atoms with Crippen molar-refractivity contribution in [1.29, 1.82) is 0 Å². The van der Waals surface area contributed by atoms with Gasteiger partial charge in [-0.2, -0.15) is 0 Å². The van der Waals surface area contributed by atoms with Crippen molar-refractivity contribution in [3.8, 4) is 16.9 Å². The molecule has 2 aromatic carbocycles. The number of hydrogen-bond acceptors (Lipinski definition) is 4. The molecular formula is C27H37NO3S. The van der Waals surface area contributed by atoms with Gasteiger partial charge in [0.25, 0.3) is 0 Å². The molecule has 4 nitrogen and oxygen atoms in total. The summed E-state index contributed by atoms with van der Waals surface area (Å²) in [4.78, 5) is 2.57. The maximum absolute atomic E-state index is 12.1. The minimum absolute atomic E-state index is 0.0120. The summed E-state index contributed by atoms with van der Waals surface area (Å²) in [5.41, 5.74) is 4.62. The Morgan fingerprint density at radius 2 is 1.62 bits per heavy atom. The second-order valence-corrected chi connectivity index (χ2v) is 12.7. The molecule has 0 amide bonds. The van der Waals surface area contributed by atoms with E-state index in [1.807, 2.05) is 31.2 Å². The minimum atomic E-state index is -3.02. The first-order valence-corrected chi connectivity index (χ1v) is 13.8. The zero-order valence-corrected chi connectivity index (χ0v) is 20.8. The lowest BCUT2D eigenvalue weighted by atomic mass is 9.81. The molecule has 0 aromatic heterocycles. The highest BCUT2D eigenvalue weighted by Gasteiger charge is 2.41. The molecule has 2 heterocycles. The lowest BCUT2D eigenvalue weighted by molar-refractivity contribution is -0.0355. The molecule has 0 atom stereocenters. The molecule has 1 spiro atoms. The van der Waals surface area contributed by atoms with Crippen molar-refractivity contribution in [2.45, 2.75) is 76.7 Å². The zero-order chi connectivity index (χ0) is 23.0. The van der Waals surface area contributed by atoms with Crippen molar-refractivity contribution >= 4 is 9.84 Å². The van der Waals surface area contributed by atoms with Crippen LogP contribution >= 0.6 is 0 Å². The van der Waals surface area contributed by atoms with Crippen LogP contribution in [-0.4, -0.2) is 43.3 Å². The van der Waals surface area contributed by atoms with Crippen LogP contribution < -0.4 is 4.74 Å². The molecule has 0 unspecified atom stereocenters. The van der Waals surface area contributed by atoms with E-state index in [9.17, 15) is 8.42 Å². The second-order valence-electron chi connectivity index (χ2n) is 10.6. The Balaban J connectivity index is 1.45. The Morgan fingerprint density at radius 3 is 2.25 bits per heavy atom. The first-order valence-electron chi connectivity index (χ1n) is 12.0. The van der Waals surface area contributed by atoms with Crippen LogP contribution in [-0.2, 0) is 22.0 Å². The van der Waals surface area contributed by atoms with Gasteiger partial charge in [0.2, 0.25) is 0 Å². The largest absolute Gasteiger partial charge is 0.487 e. The first-order chi connectivity index (χ1) is 15.1. The van der Waals surface area contributed by atoms with Gasteiger partial charge in [0.05, 0.1) is 11.5 Å². The van der Waals surface area contributed by atoms with Gasteiger partial charge in [-0.1, -0.05) is 37.3 Å². The van der Waals surface area contributed by atoms with Crippen LogP contribution in [0.3, 0.4) is 0 Å². The van der Waals surface area contributed by atoms with Gasteiger partial charge < -0.3 is 4.74 Å². The van der Waals surface area contributed by atoms with Gasteiger partial charge in [0.15, 0.2) is 9.84 Å². The molecule has 174 valence electrons. The van der Waals surface area contributed by atoms with E-state index >= 15 is 0 Å². The molecule has 0 bridgehead atoms. The third-order valence-corrected chi connectivity index (χ3v) is 8.85. The average Bonchev–Trinajstić information content (AvgIpc) is 2.73. The number of benzene rings is 2. The van der Waals surface area contributed by atoms with E-state index in [2.05, 4.69) is 43.9 Å². The molecule has 2 aliphatic rings. The predicted molar refractivity (Wildman–Crippen MR) is 132 cm³/mol. The Labute approximate surface area is 193 Å². The highest BCUT2D eigenvalue weighted by atomic mass is 32.2. The molecular weight excluding hydrogens is 418 g/mol. The smallest absolute Gasteiger partial charge is 0.154 e. The lowest BCUT2D eigenvalue weighted by Crippen LogP contribution is -2.54. The van der Waals surface area contributed by atoms with Crippen molar-refractivity contribution in [1.82, 2.24) is 4.90 Å². The monoisotopic (exact) mass is 455 g/mol. The van der Waals surface area contributed by atoms with Gasteiger partial charge >= 0.3 is 0 Å². The fourth-order valence-electron chi connectivity index (χ4n) is 5.07. The van der Waals surface area contributed by atoms with E-state index in [4.69, 9.17) is 4.74 Å². The summed E-state index contributed by atoms with van der Waals surface area (Å²) in [7, 11) is -3.02. The van der Waals surface area contributed by atoms with E-state index in [0.717, 1.165) is 61.2 Å². The van der Waals surface area contributed by atoms with Crippen LogP contribution in [0.5, 0.6) is 5.75 Å². The van der Waals surface area contributed by atoms with Gasteiger partial charge in [-0.15, -0.1) is 0 Å². The third kappa shape index (κ3) is 5.20. The fraction of sp³-hybridized carbons (Fsp3) is 0.556. The summed E-state index contributed by atoms with van der Waals surface area (Å²) in [5.74, 6) is 1.40. The van der Waals surface area contributed by atoms with Crippen LogP contribution in [0.1, 0.15) is 64.5 Å². The fourth-order valence-corrected chi connectivity index (χ4v) is 6.54. The maximum atomic E-state index is 12.1. The predicted octanol–water partition coefficient (Wildman–Crippen LogP) is 5.64. The molecule has 0 N–H and O–H groups in total. The van der Waals surface area contributed by atoms with Crippen molar-refractivity contribution in [2.24, 2.45) is 0 Å². The summed E-state index contributed by atoms with van der Waals surface area (Å²) < 4.78 is 30.8. The quantitative estimate of drug-likeness (QED) is 0.586. The molecule has 1 fully saturated rings. The minimum Gasteiger partial charge on any atom is -0.487 e. The van der Waals surface area contributed by atoms with Crippen LogP contribution in [0.25, 0.3) is 11.1 Å². The van der Waals surface area contributed by atoms with Gasteiger partial charge in [-0.05, 0) is 87.3 Å². The Kier molecular flexibility index (Phi) is 6.43. The third-order valence-electron chi connectivity index (χ3n) is 7.05. The number of nitrogens with zero attached hydrogens (tertiary/aromatic N) is 1. The van der Waals surface area contributed by atoms with Gasteiger partial charge in [0.1, 0.15) is 11.4 Å². The number of likely N-dealkylation sites (tertiary alicyclic amines) is 1. The Bertz CT molecular complexity index is 1040. The van der Waals surface area contributed by atoms with Crippen LogP contribution in [0.2, 0.25) is 0 Å². The number of piperidine rings is 1. The van der Waals surface area contributed by atoms with Crippen molar-refractivity contribution in [3.05, 3.63) is 53.6 Å². The van der Waals surface area contributed by atoms with E-state index in [1.165, 1.54) is 5.56 Å². The summed E-state index contributed by atoms with van der Waals surface area (Å²) >= 11 is 0. The van der Waals surface area contributed by atoms with Gasteiger partial charge in [-0.3, -0.25) is 4.90 Å². The topological polar surface area (TPSA) is 46.6 Å². The van der Waals surface area contributed by atoms with Crippen molar-refractivity contribution < 1.29 is 13.2 Å². The zero-order valence-electron chi connectivity index (χ0n) is 20.0. The molecule has 0 saturated carbocycles. The van der Waals surface area contributed by atoms with E-state index < -0.39 is 9.84 Å². The summed E-state index contributed by atoms with van der Waals surface area (Å²) in [6, 6.07) is 14.5. The van der Waals surface area contributed by atoms with Gasteiger partial charge in [0, 0.05) is 18.6 Å². The summed E-state index contributed by atoms with van der Waals surface area (Å²) in [6.07, 6.45) is 4.97. The van der Waals surface area contributed by atoms with E-state index in [0.29, 0.717) is 6.42 Å². The number of hydrogen-bond donors (Lipinski definition) is 0. The number of sulfone groups is 1. The van der Waals surface area contributed by atoms with Crippen molar-refractivity contribution in [3.63, 3.8) is 0 Å². The van der Waals surface area contributed by atoms with E-state index in [1.54, 1.807) is 0 Å². The first kappa shape index (κ1) is 23.3. The molecule has 0 radical (unpaired) electrons. The molecule has 4 rings (SSSR count). The number of aryl methyl sites for hydroxylation is 1. The van der Waals surface area contributed by atoms with Gasteiger partial charge in [-0.25, -0.2) is 8.42 Å².